The van der Waals surface area contributed by atoms with E-state index in [0.717, 1.165) is 6.42 Å². The van der Waals surface area contributed by atoms with Crippen molar-refractivity contribution in [1.82, 2.24) is 4.90 Å². The van der Waals surface area contributed by atoms with Crippen molar-refractivity contribution in [3.05, 3.63) is 0 Å². The molecule has 0 heterocycles. The molecular formula is C15H31NO. The summed E-state index contributed by atoms with van der Waals surface area (Å²) in [5.74, 6) is 0.584. The zero-order valence-corrected chi connectivity index (χ0v) is 11.8. The predicted molar refractivity (Wildman–Crippen MR) is 74.2 cm³/mol. The number of hydrogen-bond acceptors (Lipinski definition) is 2. The highest BCUT2D eigenvalue weighted by Crippen LogP contribution is 2.28. The predicted octanol–water partition coefficient (Wildman–Crippen LogP) is 3.44. The van der Waals surface area contributed by atoms with Crippen LogP contribution in [0.4, 0.5) is 0 Å². The number of nitrogens with zero attached hydrogens (tertiary/aromatic N) is 1. The molecule has 1 N–H and O–H groups in total. The molecule has 2 nitrogen and oxygen atoms in total. The highest BCUT2D eigenvalue weighted by atomic mass is 16.3. The summed E-state index contributed by atoms with van der Waals surface area (Å²) in [6, 6.07) is 0. The van der Waals surface area contributed by atoms with Crippen LogP contribution in [-0.4, -0.2) is 35.7 Å². The van der Waals surface area contributed by atoms with Crippen molar-refractivity contribution in [2.45, 2.75) is 71.3 Å². The van der Waals surface area contributed by atoms with E-state index in [4.69, 9.17) is 0 Å². The number of unbranched alkanes of at least 4 members (excludes halogenated alkanes) is 2. The summed E-state index contributed by atoms with van der Waals surface area (Å²) in [6.45, 7) is 8.22. The lowest BCUT2D eigenvalue weighted by Crippen LogP contribution is -2.29. The molecule has 2 heteroatoms. The first kappa shape index (κ1) is 15.0. The average Bonchev–Trinajstić information content (AvgIpc) is 2.74. The molecule has 1 rings (SSSR count). The Morgan fingerprint density at radius 2 is 1.65 bits per heavy atom. The molecule has 17 heavy (non-hydrogen) atoms. The van der Waals surface area contributed by atoms with E-state index in [0.29, 0.717) is 5.92 Å². The van der Waals surface area contributed by atoms with Crippen LogP contribution in [0.5, 0.6) is 0 Å². The second kappa shape index (κ2) is 8.93. The molecule has 0 aromatic carbocycles. The highest BCUT2D eigenvalue weighted by Gasteiger charge is 2.25. The number of aliphatic hydroxyl groups is 1. The van der Waals surface area contributed by atoms with Gasteiger partial charge in [-0.2, -0.15) is 0 Å². The Labute approximate surface area is 107 Å². The molecule has 0 saturated heterocycles. The van der Waals surface area contributed by atoms with Gasteiger partial charge in [-0.1, -0.05) is 33.1 Å². The topological polar surface area (TPSA) is 23.5 Å². The highest BCUT2D eigenvalue weighted by molar-refractivity contribution is 4.77. The smallest absolute Gasteiger partial charge is 0.0568 e. The minimum absolute atomic E-state index is 0.00537. The van der Waals surface area contributed by atoms with Gasteiger partial charge in [0.1, 0.15) is 0 Å². The van der Waals surface area contributed by atoms with Crippen LogP contribution in [0.3, 0.4) is 0 Å². The lowest BCUT2D eigenvalue weighted by Gasteiger charge is -2.24. The van der Waals surface area contributed by atoms with E-state index in [1.165, 1.54) is 64.6 Å². The van der Waals surface area contributed by atoms with Crippen molar-refractivity contribution in [1.29, 1.82) is 0 Å². The van der Waals surface area contributed by atoms with Gasteiger partial charge in [0.15, 0.2) is 0 Å². The monoisotopic (exact) mass is 241 g/mol. The van der Waals surface area contributed by atoms with E-state index < -0.39 is 0 Å². The first-order valence-electron chi connectivity index (χ1n) is 7.68. The fourth-order valence-corrected chi connectivity index (χ4v) is 2.80. The quantitative estimate of drug-likeness (QED) is 0.668. The van der Waals surface area contributed by atoms with Gasteiger partial charge in [0.25, 0.3) is 0 Å². The second-order valence-corrected chi connectivity index (χ2v) is 5.60. The fraction of sp³-hybridized carbons (Fsp3) is 1.00. The molecule has 0 aromatic rings. The summed E-state index contributed by atoms with van der Waals surface area (Å²) in [4.78, 5) is 2.61. The average molecular weight is 241 g/mol. The van der Waals surface area contributed by atoms with Gasteiger partial charge < -0.3 is 10.0 Å². The molecule has 0 aliphatic heterocycles. The lowest BCUT2D eigenvalue weighted by molar-refractivity contribution is 0.117. The molecule has 2 atom stereocenters. The SMILES string of the molecule is CCCCN(CCCC)CCC1CCCC1O. The van der Waals surface area contributed by atoms with Crippen molar-refractivity contribution in [2.75, 3.05) is 19.6 Å². The summed E-state index contributed by atoms with van der Waals surface area (Å²) in [5, 5.41) is 9.84. The molecule has 2 unspecified atom stereocenters. The Hall–Kier alpha value is -0.0800. The Morgan fingerprint density at radius 1 is 1.00 bits per heavy atom. The zero-order chi connectivity index (χ0) is 12.5. The molecule has 1 saturated carbocycles. The molecule has 0 radical (unpaired) electrons. The molecule has 0 spiro atoms. The molecule has 1 aliphatic rings. The fourth-order valence-electron chi connectivity index (χ4n) is 2.80. The van der Waals surface area contributed by atoms with Crippen LogP contribution in [0.1, 0.15) is 65.2 Å². The number of hydrogen-bond donors (Lipinski definition) is 1. The molecular weight excluding hydrogens is 210 g/mol. The molecule has 0 amide bonds. The first-order chi connectivity index (χ1) is 8.27. The Balaban J connectivity index is 2.21. The number of aliphatic hydroxyl groups excluding tert-OH is 1. The second-order valence-electron chi connectivity index (χ2n) is 5.60. The third-order valence-electron chi connectivity index (χ3n) is 4.09. The van der Waals surface area contributed by atoms with Gasteiger partial charge in [-0.3, -0.25) is 0 Å². The van der Waals surface area contributed by atoms with Crippen LogP contribution in [0.15, 0.2) is 0 Å². The van der Waals surface area contributed by atoms with E-state index in [1.54, 1.807) is 0 Å². The van der Waals surface area contributed by atoms with Gasteiger partial charge in [0, 0.05) is 0 Å². The maximum Gasteiger partial charge on any atom is 0.0568 e. The van der Waals surface area contributed by atoms with Gasteiger partial charge in [-0.25, -0.2) is 0 Å². The first-order valence-corrected chi connectivity index (χ1v) is 7.68. The zero-order valence-electron chi connectivity index (χ0n) is 11.8. The largest absolute Gasteiger partial charge is 0.393 e. The van der Waals surface area contributed by atoms with E-state index in [9.17, 15) is 5.11 Å². The van der Waals surface area contributed by atoms with Crippen LogP contribution >= 0.6 is 0 Å². The molecule has 1 aliphatic carbocycles. The lowest BCUT2D eigenvalue weighted by atomic mass is 10.0. The van der Waals surface area contributed by atoms with E-state index >= 15 is 0 Å². The Morgan fingerprint density at radius 3 is 2.12 bits per heavy atom. The summed E-state index contributed by atoms with van der Waals surface area (Å²) >= 11 is 0. The van der Waals surface area contributed by atoms with E-state index in [-0.39, 0.29) is 6.10 Å². The Bertz CT molecular complexity index is 176. The third kappa shape index (κ3) is 5.87. The minimum atomic E-state index is -0.00537. The van der Waals surface area contributed by atoms with Crippen molar-refractivity contribution in [2.24, 2.45) is 5.92 Å². The van der Waals surface area contributed by atoms with Crippen molar-refractivity contribution in [3.63, 3.8) is 0 Å². The van der Waals surface area contributed by atoms with Gasteiger partial charge in [-0.05, 0) is 57.7 Å². The van der Waals surface area contributed by atoms with Crippen LogP contribution in [0, 0.1) is 5.92 Å². The van der Waals surface area contributed by atoms with Gasteiger partial charge in [0.05, 0.1) is 6.10 Å². The molecule has 0 bridgehead atoms. The molecule has 0 aromatic heterocycles. The van der Waals surface area contributed by atoms with Crippen molar-refractivity contribution >= 4 is 0 Å². The van der Waals surface area contributed by atoms with E-state index in [2.05, 4.69) is 18.7 Å². The van der Waals surface area contributed by atoms with Gasteiger partial charge in [-0.15, -0.1) is 0 Å². The third-order valence-corrected chi connectivity index (χ3v) is 4.09. The maximum absolute atomic E-state index is 9.84. The summed E-state index contributed by atoms with van der Waals surface area (Å²) in [7, 11) is 0. The van der Waals surface area contributed by atoms with Crippen molar-refractivity contribution < 1.29 is 5.11 Å². The molecule has 102 valence electrons. The summed E-state index contributed by atoms with van der Waals surface area (Å²) in [5.41, 5.74) is 0. The minimum Gasteiger partial charge on any atom is -0.393 e. The van der Waals surface area contributed by atoms with Gasteiger partial charge in [0.2, 0.25) is 0 Å². The van der Waals surface area contributed by atoms with E-state index in [1.807, 2.05) is 0 Å². The standard InChI is InChI=1S/C15H31NO/c1-3-5-11-16(12-6-4-2)13-10-14-8-7-9-15(14)17/h14-15,17H,3-13H2,1-2H3. The normalized spacial score (nSPS) is 24.7. The van der Waals surface area contributed by atoms with Crippen LogP contribution in [-0.2, 0) is 0 Å². The Kier molecular flexibility index (Phi) is 7.87. The summed E-state index contributed by atoms with van der Waals surface area (Å²) in [6.07, 6.45) is 9.92. The maximum atomic E-state index is 9.84. The summed E-state index contributed by atoms with van der Waals surface area (Å²) < 4.78 is 0. The molecule has 1 fully saturated rings. The van der Waals surface area contributed by atoms with Crippen molar-refractivity contribution in [3.8, 4) is 0 Å². The van der Waals surface area contributed by atoms with Crippen LogP contribution in [0.2, 0.25) is 0 Å². The van der Waals surface area contributed by atoms with Gasteiger partial charge >= 0.3 is 0 Å². The van der Waals surface area contributed by atoms with Crippen LogP contribution < -0.4 is 0 Å². The van der Waals surface area contributed by atoms with Crippen LogP contribution in [0.25, 0.3) is 0 Å². The number of rotatable bonds is 9.